The molecule has 5 heteroatoms. The van der Waals surface area contributed by atoms with Crippen LogP contribution in [0.3, 0.4) is 0 Å². The molecule has 1 aromatic carbocycles. The molecular weight excluding hydrogens is 278 g/mol. The highest BCUT2D eigenvalue weighted by Gasteiger charge is 2.27. The number of likely N-dealkylation sites (tertiary alicyclic amines) is 1. The molecule has 4 nitrogen and oxygen atoms in total. The van der Waals surface area contributed by atoms with Crippen LogP contribution in [-0.2, 0) is 11.3 Å². The van der Waals surface area contributed by atoms with Gasteiger partial charge in [-0.1, -0.05) is 30.3 Å². The molecule has 1 aliphatic rings. The fourth-order valence-corrected chi connectivity index (χ4v) is 2.60. The van der Waals surface area contributed by atoms with Crippen molar-refractivity contribution in [3.05, 3.63) is 41.4 Å². The van der Waals surface area contributed by atoms with Gasteiger partial charge < -0.3 is 9.84 Å². The Hall–Kier alpha value is -1.52. The van der Waals surface area contributed by atoms with Crippen molar-refractivity contribution in [1.82, 2.24) is 4.90 Å². The molecule has 0 saturated carbocycles. The van der Waals surface area contributed by atoms with Crippen LogP contribution < -0.4 is 4.74 Å². The molecule has 1 N–H and O–H groups in total. The fraction of sp³-hybridized carbons (Fsp3) is 0.400. The first kappa shape index (κ1) is 14.9. The largest absolute Gasteiger partial charge is 0.488 e. The number of hydrogen-bond donors (Lipinski definition) is 1. The van der Waals surface area contributed by atoms with E-state index >= 15 is 0 Å². The van der Waals surface area contributed by atoms with E-state index in [0.29, 0.717) is 36.9 Å². The highest BCUT2D eigenvalue weighted by atomic mass is 35.5. The minimum absolute atomic E-state index is 0.249. The van der Waals surface area contributed by atoms with Crippen LogP contribution in [0.4, 0.5) is 0 Å². The molecule has 0 spiro atoms. The molecule has 0 amide bonds. The topological polar surface area (TPSA) is 49.8 Å². The van der Waals surface area contributed by atoms with E-state index in [1.165, 1.54) is 0 Å². The molecule has 20 heavy (non-hydrogen) atoms. The molecule has 108 valence electrons. The van der Waals surface area contributed by atoms with Gasteiger partial charge in [-0.15, -0.1) is 0 Å². The van der Waals surface area contributed by atoms with Crippen molar-refractivity contribution >= 4 is 17.6 Å². The number of nitrogens with zero attached hydrogens (tertiary/aromatic N) is 1. The Morgan fingerprint density at radius 3 is 3.00 bits per heavy atom. The number of carboxylic acids is 1. The van der Waals surface area contributed by atoms with E-state index < -0.39 is 5.97 Å². The SMILES string of the molecule is C=CCOc1ccc(CN2CCC(C(=O)O)C2)cc1Cl. The van der Waals surface area contributed by atoms with Crippen molar-refractivity contribution in [3.8, 4) is 5.75 Å². The smallest absolute Gasteiger partial charge is 0.307 e. The molecule has 0 bridgehead atoms. The summed E-state index contributed by atoms with van der Waals surface area (Å²) >= 11 is 6.16. The van der Waals surface area contributed by atoms with Gasteiger partial charge in [-0.3, -0.25) is 9.69 Å². The minimum atomic E-state index is -0.710. The van der Waals surface area contributed by atoms with Gasteiger partial charge in [0.25, 0.3) is 0 Å². The lowest BCUT2D eigenvalue weighted by Gasteiger charge is -2.16. The maximum Gasteiger partial charge on any atom is 0.307 e. The number of ether oxygens (including phenoxy) is 1. The van der Waals surface area contributed by atoms with E-state index in [4.69, 9.17) is 21.4 Å². The summed E-state index contributed by atoms with van der Waals surface area (Å²) in [5, 5.41) is 9.56. The number of aliphatic carboxylic acids is 1. The van der Waals surface area contributed by atoms with Gasteiger partial charge in [-0.25, -0.2) is 0 Å². The Balaban J connectivity index is 1.95. The first-order chi connectivity index (χ1) is 9.60. The zero-order chi connectivity index (χ0) is 14.5. The number of carbonyl (C=O) groups is 1. The van der Waals surface area contributed by atoms with Crippen molar-refractivity contribution < 1.29 is 14.6 Å². The molecule has 0 radical (unpaired) electrons. The molecule has 1 unspecified atom stereocenters. The molecule has 1 fully saturated rings. The van der Waals surface area contributed by atoms with E-state index in [2.05, 4.69) is 11.5 Å². The summed E-state index contributed by atoms with van der Waals surface area (Å²) < 4.78 is 5.42. The van der Waals surface area contributed by atoms with Crippen molar-refractivity contribution in [2.24, 2.45) is 5.92 Å². The van der Waals surface area contributed by atoms with Gasteiger partial charge >= 0.3 is 5.97 Å². The van der Waals surface area contributed by atoms with Crippen LogP contribution in [0.15, 0.2) is 30.9 Å². The summed E-state index contributed by atoms with van der Waals surface area (Å²) in [5.74, 6) is -0.320. The van der Waals surface area contributed by atoms with Crippen LogP contribution in [0.5, 0.6) is 5.75 Å². The van der Waals surface area contributed by atoms with Gasteiger partial charge in [0, 0.05) is 13.1 Å². The quantitative estimate of drug-likeness (QED) is 0.820. The molecule has 1 saturated heterocycles. The second-order valence-corrected chi connectivity index (χ2v) is 5.33. The van der Waals surface area contributed by atoms with Crippen LogP contribution in [0.2, 0.25) is 5.02 Å². The van der Waals surface area contributed by atoms with Gasteiger partial charge in [0.05, 0.1) is 10.9 Å². The minimum Gasteiger partial charge on any atom is -0.488 e. The summed E-state index contributed by atoms with van der Waals surface area (Å²) in [6.07, 6.45) is 2.38. The van der Waals surface area contributed by atoms with Crippen molar-refractivity contribution in [2.45, 2.75) is 13.0 Å². The number of benzene rings is 1. The third-order valence-electron chi connectivity index (χ3n) is 3.38. The fourth-order valence-electron chi connectivity index (χ4n) is 2.34. The molecular formula is C15H18ClNO3. The lowest BCUT2D eigenvalue weighted by atomic mass is 10.1. The van der Waals surface area contributed by atoms with Crippen LogP contribution in [0.1, 0.15) is 12.0 Å². The predicted octanol–water partition coefficient (Wildman–Crippen LogP) is 2.81. The van der Waals surface area contributed by atoms with Crippen LogP contribution >= 0.6 is 11.6 Å². The Bertz CT molecular complexity index is 504. The second kappa shape index (κ2) is 6.77. The average Bonchev–Trinajstić information content (AvgIpc) is 2.86. The molecule has 0 aromatic heterocycles. The Kier molecular flexibility index (Phi) is 5.04. The van der Waals surface area contributed by atoms with Gasteiger partial charge in [0.1, 0.15) is 12.4 Å². The van der Waals surface area contributed by atoms with Crippen molar-refractivity contribution in [1.29, 1.82) is 0 Å². The zero-order valence-corrected chi connectivity index (χ0v) is 12.0. The highest BCUT2D eigenvalue weighted by Crippen LogP contribution is 2.27. The number of rotatable bonds is 6. The Morgan fingerprint density at radius 1 is 1.60 bits per heavy atom. The standard InChI is InChI=1S/C15H18ClNO3/c1-2-7-20-14-4-3-11(8-13(14)16)9-17-6-5-12(10-17)15(18)19/h2-4,8,12H,1,5-7,9-10H2,(H,18,19). The predicted molar refractivity (Wildman–Crippen MR) is 78.2 cm³/mol. The maximum absolute atomic E-state index is 10.9. The van der Waals surface area contributed by atoms with Gasteiger partial charge in [0.15, 0.2) is 0 Å². The molecule has 1 aliphatic heterocycles. The molecule has 1 aromatic rings. The Morgan fingerprint density at radius 2 is 2.40 bits per heavy atom. The van der Waals surface area contributed by atoms with Crippen molar-refractivity contribution in [2.75, 3.05) is 19.7 Å². The number of hydrogen-bond acceptors (Lipinski definition) is 3. The normalized spacial score (nSPS) is 18.9. The molecule has 1 atom stereocenters. The first-order valence-electron chi connectivity index (χ1n) is 6.57. The summed E-state index contributed by atoms with van der Waals surface area (Å²) in [7, 11) is 0. The third kappa shape index (κ3) is 3.74. The summed E-state index contributed by atoms with van der Waals surface area (Å²) in [4.78, 5) is 13.1. The summed E-state index contributed by atoms with van der Waals surface area (Å²) in [6.45, 7) is 6.13. The van der Waals surface area contributed by atoms with Gasteiger partial charge in [-0.05, 0) is 30.7 Å². The molecule has 1 heterocycles. The van der Waals surface area contributed by atoms with Crippen LogP contribution in [0.25, 0.3) is 0 Å². The van der Waals surface area contributed by atoms with Crippen LogP contribution in [0, 0.1) is 5.92 Å². The maximum atomic E-state index is 10.9. The van der Waals surface area contributed by atoms with E-state index in [1.54, 1.807) is 6.08 Å². The zero-order valence-electron chi connectivity index (χ0n) is 11.2. The first-order valence-corrected chi connectivity index (χ1v) is 6.95. The van der Waals surface area contributed by atoms with E-state index in [1.807, 2.05) is 18.2 Å². The van der Waals surface area contributed by atoms with Gasteiger partial charge in [-0.2, -0.15) is 0 Å². The monoisotopic (exact) mass is 295 g/mol. The molecule has 2 rings (SSSR count). The van der Waals surface area contributed by atoms with E-state index in [-0.39, 0.29) is 5.92 Å². The lowest BCUT2D eigenvalue weighted by Crippen LogP contribution is -2.22. The molecule has 0 aliphatic carbocycles. The van der Waals surface area contributed by atoms with E-state index in [0.717, 1.165) is 12.1 Å². The Labute approximate surface area is 123 Å². The summed E-state index contributed by atoms with van der Waals surface area (Å²) in [5.41, 5.74) is 1.06. The van der Waals surface area contributed by atoms with Gasteiger partial charge in [0.2, 0.25) is 0 Å². The van der Waals surface area contributed by atoms with E-state index in [9.17, 15) is 4.79 Å². The third-order valence-corrected chi connectivity index (χ3v) is 3.68. The van der Waals surface area contributed by atoms with Crippen LogP contribution in [-0.4, -0.2) is 35.7 Å². The highest BCUT2D eigenvalue weighted by molar-refractivity contribution is 6.32. The number of halogens is 1. The van der Waals surface area contributed by atoms with Crippen molar-refractivity contribution in [3.63, 3.8) is 0 Å². The average molecular weight is 296 g/mol. The summed E-state index contributed by atoms with van der Waals surface area (Å²) in [6, 6.07) is 5.67. The second-order valence-electron chi connectivity index (χ2n) is 4.92. The number of carboxylic acid groups (broad SMARTS) is 1. The lowest BCUT2D eigenvalue weighted by molar-refractivity contribution is -0.141.